The topological polar surface area (TPSA) is 23.6 Å². The summed E-state index contributed by atoms with van der Waals surface area (Å²) in [6.45, 7) is 7.28. The number of hydrogen-bond acceptors (Lipinski definition) is 3. The molecule has 1 rings (SSSR count). The maximum absolute atomic E-state index is 12.4. The van der Waals surface area contributed by atoms with Crippen molar-refractivity contribution in [1.82, 2.24) is 9.80 Å². The zero-order chi connectivity index (χ0) is 12.1. The highest BCUT2D eigenvalue weighted by molar-refractivity contribution is 5.86. The average Bonchev–Trinajstić information content (AvgIpc) is 2.42. The number of rotatable bonds is 4. The zero-order valence-corrected chi connectivity index (χ0v) is 11.2. The summed E-state index contributed by atoms with van der Waals surface area (Å²) in [6, 6.07) is 0.109. The summed E-state index contributed by atoms with van der Waals surface area (Å²) in [5, 5.41) is 0. The van der Waals surface area contributed by atoms with Gasteiger partial charge in [-0.15, -0.1) is 0 Å². The Bertz CT molecular complexity index is 226. The Kier molecular flexibility index (Phi) is 5.42. The van der Waals surface area contributed by atoms with Gasteiger partial charge in [0.1, 0.15) is 0 Å². The molecule has 1 heterocycles. The lowest BCUT2D eigenvalue weighted by Gasteiger charge is -2.28. The molecule has 0 radical (unpaired) electrons. The normalized spacial score (nSPS) is 24.7. The predicted octanol–water partition coefficient (Wildman–Crippen LogP) is 1.63. The summed E-state index contributed by atoms with van der Waals surface area (Å²) in [6.07, 6.45) is 3.12. The molecule has 0 aromatic carbocycles. The van der Waals surface area contributed by atoms with E-state index in [-0.39, 0.29) is 12.0 Å². The first-order valence-corrected chi connectivity index (χ1v) is 6.52. The van der Waals surface area contributed by atoms with Crippen LogP contribution in [0, 0.1) is 5.92 Å². The monoisotopic (exact) mass is 226 g/mol. The quantitative estimate of drug-likeness (QED) is 0.728. The highest BCUT2D eigenvalue weighted by Crippen LogP contribution is 2.16. The lowest BCUT2D eigenvalue weighted by atomic mass is 9.92. The molecular weight excluding hydrogens is 200 g/mol. The van der Waals surface area contributed by atoms with Crippen LogP contribution in [0.15, 0.2) is 0 Å². The van der Waals surface area contributed by atoms with Crippen molar-refractivity contribution in [3.8, 4) is 0 Å². The van der Waals surface area contributed by atoms with E-state index >= 15 is 0 Å². The van der Waals surface area contributed by atoms with E-state index in [0.29, 0.717) is 5.78 Å². The summed E-state index contributed by atoms with van der Waals surface area (Å²) in [4.78, 5) is 16.9. The SMILES string of the molecule is CCC(CC)C(=O)C1CN(C)CCCN1C. The molecule has 0 N–H and O–H groups in total. The fourth-order valence-electron chi connectivity index (χ4n) is 2.54. The third-order valence-electron chi connectivity index (χ3n) is 3.78. The van der Waals surface area contributed by atoms with Crippen molar-refractivity contribution in [3.63, 3.8) is 0 Å². The van der Waals surface area contributed by atoms with Gasteiger partial charge >= 0.3 is 0 Å². The molecule has 1 saturated heterocycles. The van der Waals surface area contributed by atoms with Crippen molar-refractivity contribution in [2.24, 2.45) is 5.92 Å². The maximum Gasteiger partial charge on any atom is 0.154 e. The first kappa shape index (κ1) is 13.7. The fourth-order valence-corrected chi connectivity index (χ4v) is 2.54. The van der Waals surface area contributed by atoms with Gasteiger partial charge in [0.05, 0.1) is 6.04 Å². The Morgan fingerprint density at radius 2 is 1.88 bits per heavy atom. The van der Waals surface area contributed by atoms with E-state index in [1.807, 2.05) is 0 Å². The third kappa shape index (κ3) is 3.29. The largest absolute Gasteiger partial charge is 0.304 e. The van der Waals surface area contributed by atoms with Gasteiger partial charge < -0.3 is 4.90 Å². The van der Waals surface area contributed by atoms with E-state index in [2.05, 4.69) is 37.7 Å². The van der Waals surface area contributed by atoms with Crippen molar-refractivity contribution in [3.05, 3.63) is 0 Å². The van der Waals surface area contributed by atoms with Gasteiger partial charge in [-0.2, -0.15) is 0 Å². The molecule has 0 aromatic rings. The molecule has 0 aliphatic carbocycles. The second-order valence-corrected chi connectivity index (χ2v) is 5.03. The number of Topliss-reactive ketones (excluding diaryl/α,β-unsaturated/α-hetero) is 1. The van der Waals surface area contributed by atoms with Crippen molar-refractivity contribution >= 4 is 5.78 Å². The second kappa shape index (κ2) is 6.36. The van der Waals surface area contributed by atoms with Gasteiger partial charge in [0, 0.05) is 12.5 Å². The van der Waals surface area contributed by atoms with Gasteiger partial charge in [-0.1, -0.05) is 13.8 Å². The molecular formula is C13H26N2O. The van der Waals surface area contributed by atoms with E-state index in [9.17, 15) is 4.79 Å². The van der Waals surface area contributed by atoms with Crippen LogP contribution >= 0.6 is 0 Å². The Hall–Kier alpha value is -0.410. The molecule has 0 bridgehead atoms. The van der Waals surface area contributed by atoms with E-state index < -0.39 is 0 Å². The van der Waals surface area contributed by atoms with E-state index in [1.165, 1.54) is 6.42 Å². The summed E-state index contributed by atoms with van der Waals surface area (Å²) in [7, 11) is 4.20. The second-order valence-electron chi connectivity index (χ2n) is 5.03. The van der Waals surface area contributed by atoms with Crippen molar-refractivity contribution in [2.45, 2.75) is 39.2 Å². The maximum atomic E-state index is 12.4. The first-order chi connectivity index (χ1) is 7.60. The Morgan fingerprint density at radius 1 is 1.25 bits per heavy atom. The van der Waals surface area contributed by atoms with E-state index in [1.54, 1.807) is 0 Å². The van der Waals surface area contributed by atoms with Crippen LogP contribution in [-0.4, -0.2) is 55.4 Å². The zero-order valence-electron chi connectivity index (χ0n) is 11.2. The Labute approximate surface area is 99.8 Å². The summed E-state index contributed by atoms with van der Waals surface area (Å²) in [5.41, 5.74) is 0. The predicted molar refractivity (Wildman–Crippen MR) is 67.6 cm³/mol. The summed E-state index contributed by atoms with van der Waals surface area (Å²) >= 11 is 0. The van der Waals surface area contributed by atoms with Gasteiger partial charge in [0.15, 0.2) is 5.78 Å². The highest BCUT2D eigenvalue weighted by Gasteiger charge is 2.30. The van der Waals surface area contributed by atoms with Crippen LogP contribution in [0.5, 0.6) is 0 Å². The number of nitrogens with zero attached hydrogens (tertiary/aromatic N) is 2. The Balaban J connectivity index is 2.70. The molecule has 1 fully saturated rings. The fraction of sp³-hybridized carbons (Fsp3) is 0.923. The molecule has 1 aliphatic rings. The molecule has 0 spiro atoms. The van der Waals surface area contributed by atoms with Crippen LogP contribution in [0.4, 0.5) is 0 Å². The van der Waals surface area contributed by atoms with Gasteiger partial charge in [0.2, 0.25) is 0 Å². The standard InChI is InChI=1S/C13H26N2O/c1-5-11(6-2)13(16)12-10-14(3)8-7-9-15(12)4/h11-12H,5-10H2,1-4H3. The summed E-state index contributed by atoms with van der Waals surface area (Å²) in [5.74, 6) is 0.695. The molecule has 94 valence electrons. The van der Waals surface area contributed by atoms with Crippen LogP contribution in [0.2, 0.25) is 0 Å². The number of likely N-dealkylation sites (N-methyl/N-ethyl adjacent to an activating group) is 2. The highest BCUT2D eigenvalue weighted by atomic mass is 16.1. The molecule has 1 atom stereocenters. The van der Waals surface area contributed by atoms with E-state index in [4.69, 9.17) is 0 Å². The number of carbonyl (C=O) groups is 1. The van der Waals surface area contributed by atoms with Crippen LogP contribution in [-0.2, 0) is 4.79 Å². The van der Waals surface area contributed by atoms with Gasteiger partial charge in [-0.25, -0.2) is 0 Å². The average molecular weight is 226 g/mol. The van der Waals surface area contributed by atoms with E-state index in [0.717, 1.165) is 32.5 Å². The van der Waals surface area contributed by atoms with Gasteiger partial charge in [-0.05, 0) is 46.4 Å². The minimum Gasteiger partial charge on any atom is -0.304 e. The van der Waals surface area contributed by atoms with Crippen LogP contribution < -0.4 is 0 Å². The molecule has 1 unspecified atom stereocenters. The number of carbonyl (C=O) groups excluding carboxylic acids is 1. The summed E-state index contributed by atoms with van der Waals surface area (Å²) < 4.78 is 0. The van der Waals surface area contributed by atoms with Gasteiger partial charge in [0.25, 0.3) is 0 Å². The minimum absolute atomic E-state index is 0.109. The van der Waals surface area contributed by atoms with Crippen molar-refractivity contribution < 1.29 is 4.79 Å². The number of ketones is 1. The van der Waals surface area contributed by atoms with Gasteiger partial charge in [-0.3, -0.25) is 9.69 Å². The lowest BCUT2D eigenvalue weighted by Crippen LogP contribution is -2.46. The van der Waals surface area contributed by atoms with Crippen LogP contribution in [0.3, 0.4) is 0 Å². The molecule has 0 aromatic heterocycles. The van der Waals surface area contributed by atoms with Crippen LogP contribution in [0.25, 0.3) is 0 Å². The molecule has 3 nitrogen and oxygen atoms in total. The number of hydrogen-bond donors (Lipinski definition) is 0. The Morgan fingerprint density at radius 3 is 2.44 bits per heavy atom. The minimum atomic E-state index is 0.109. The smallest absolute Gasteiger partial charge is 0.154 e. The lowest BCUT2D eigenvalue weighted by molar-refractivity contribution is -0.128. The van der Waals surface area contributed by atoms with Crippen molar-refractivity contribution in [1.29, 1.82) is 0 Å². The molecule has 0 saturated carbocycles. The molecule has 16 heavy (non-hydrogen) atoms. The van der Waals surface area contributed by atoms with Crippen LogP contribution in [0.1, 0.15) is 33.1 Å². The third-order valence-corrected chi connectivity index (χ3v) is 3.78. The molecule has 0 amide bonds. The van der Waals surface area contributed by atoms with Crippen molar-refractivity contribution in [2.75, 3.05) is 33.7 Å². The first-order valence-electron chi connectivity index (χ1n) is 6.52. The molecule has 1 aliphatic heterocycles. The molecule has 3 heteroatoms.